The van der Waals surface area contributed by atoms with Gasteiger partial charge in [0.15, 0.2) is 0 Å². The van der Waals surface area contributed by atoms with E-state index in [0.29, 0.717) is 0 Å². The third kappa shape index (κ3) is 3.17. The molecule has 0 radical (unpaired) electrons. The van der Waals surface area contributed by atoms with Crippen molar-refractivity contribution in [1.29, 1.82) is 0 Å². The zero-order valence-corrected chi connectivity index (χ0v) is 23.3. The van der Waals surface area contributed by atoms with Gasteiger partial charge in [-0.05, 0) is 101 Å². The Morgan fingerprint density at radius 1 is 0.326 bits per heavy atom. The molecule has 1 heterocycles. The molecule has 1 aliphatic rings. The molecular weight excluding hydrogens is 520 g/mol. The van der Waals surface area contributed by atoms with Gasteiger partial charge in [0, 0.05) is 10.8 Å². The van der Waals surface area contributed by atoms with Crippen LogP contribution < -0.4 is 0 Å². The summed E-state index contributed by atoms with van der Waals surface area (Å²) in [6.07, 6.45) is 0. The molecule has 9 aromatic rings. The first-order valence-electron chi connectivity index (χ1n) is 14.8. The molecule has 0 N–H and O–H groups in total. The van der Waals surface area contributed by atoms with E-state index in [1.807, 2.05) is 12.1 Å². The number of furan rings is 1. The predicted octanol–water partition coefficient (Wildman–Crippen LogP) is 12.0. The number of hydrogen-bond donors (Lipinski definition) is 0. The number of hydrogen-bond acceptors (Lipinski definition) is 1. The Morgan fingerprint density at radius 2 is 0.977 bits per heavy atom. The fourth-order valence-electron chi connectivity index (χ4n) is 7.44. The summed E-state index contributed by atoms with van der Waals surface area (Å²) in [5.41, 5.74) is 12.1. The van der Waals surface area contributed by atoms with Crippen molar-refractivity contribution >= 4 is 54.3 Å². The molecule has 1 nitrogen and oxygen atoms in total. The predicted molar refractivity (Wildman–Crippen MR) is 182 cm³/mol. The third-order valence-electron chi connectivity index (χ3n) is 9.40. The van der Waals surface area contributed by atoms with Gasteiger partial charge in [0.25, 0.3) is 0 Å². The first-order chi connectivity index (χ1) is 21.3. The largest absolute Gasteiger partial charge is 0.456 e. The van der Waals surface area contributed by atoms with Crippen LogP contribution in [0.5, 0.6) is 0 Å². The lowest BCUT2D eigenvalue weighted by atomic mass is 9.89. The van der Waals surface area contributed by atoms with Gasteiger partial charge < -0.3 is 4.42 Å². The molecule has 0 aliphatic heterocycles. The zero-order chi connectivity index (χ0) is 28.1. The summed E-state index contributed by atoms with van der Waals surface area (Å²) in [7, 11) is 0. The second kappa shape index (κ2) is 8.44. The highest BCUT2D eigenvalue weighted by molar-refractivity contribution is 6.29. The molecule has 0 saturated carbocycles. The van der Waals surface area contributed by atoms with Gasteiger partial charge in [-0.2, -0.15) is 0 Å². The van der Waals surface area contributed by atoms with E-state index in [9.17, 15) is 0 Å². The lowest BCUT2D eigenvalue weighted by Gasteiger charge is -2.14. The lowest BCUT2D eigenvalue weighted by Crippen LogP contribution is -1.87. The Kier molecular flexibility index (Phi) is 4.51. The van der Waals surface area contributed by atoms with Crippen LogP contribution in [-0.4, -0.2) is 0 Å². The Hall–Kier alpha value is -5.66. The number of fused-ring (bicyclic) bond motifs is 10. The molecule has 0 spiro atoms. The molecule has 10 rings (SSSR count). The van der Waals surface area contributed by atoms with E-state index >= 15 is 0 Å². The fraction of sp³-hybridized carbons (Fsp3) is 0. The first-order valence-corrected chi connectivity index (χ1v) is 14.8. The summed E-state index contributed by atoms with van der Waals surface area (Å²) < 4.78 is 6.07. The second-order valence-corrected chi connectivity index (χ2v) is 11.7. The minimum absolute atomic E-state index is 0.926. The molecule has 8 aromatic carbocycles. The van der Waals surface area contributed by atoms with Crippen molar-refractivity contribution in [3.05, 3.63) is 146 Å². The molecule has 0 unspecified atom stereocenters. The highest BCUT2D eigenvalue weighted by Crippen LogP contribution is 2.53. The molecular formula is C42H24O. The maximum atomic E-state index is 6.07. The van der Waals surface area contributed by atoms with Gasteiger partial charge >= 0.3 is 0 Å². The van der Waals surface area contributed by atoms with E-state index in [1.165, 1.54) is 76.8 Å². The highest BCUT2D eigenvalue weighted by atomic mass is 16.3. The number of rotatable bonds is 2. The van der Waals surface area contributed by atoms with Crippen LogP contribution in [-0.2, 0) is 0 Å². The first kappa shape index (κ1) is 23.0. The molecule has 43 heavy (non-hydrogen) atoms. The zero-order valence-electron chi connectivity index (χ0n) is 23.3. The van der Waals surface area contributed by atoms with Crippen molar-refractivity contribution in [3.63, 3.8) is 0 Å². The minimum atomic E-state index is 0.926. The Labute approximate surface area is 248 Å². The van der Waals surface area contributed by atoms with E-state index in [1.54, 1.807) is 0 Å². The molecule has 1 aliphatic carbocycles. The number of para-hydroxylation sites is 1. The molecule has 0 atom stereocenters. The van der Waals surface area contributed by atoms with E-state index in [0.717, 1.165) is 21.9 Å². The molecule has 0 fully saturated rings. The molecule has 0 bridgehead atoms. The SMILES string of the molecule is c1ccc2c3c(ccc2c1)-c1cc2ccccc2c2c(-c4ccc(-c5ccc6oc7ccccc7c6c5)cc4)ccc-3c12. The van der Waals surface area contributed by atoms with E-state index in [-0.39, 0.29) is 0 Å². The Balaban J connectivity index is 1.18. The van der Waals surface area contributed by atoms with Gasteiger partial charge in [0.2, 0.25) is 0 Å². The highest BCUT2D eigenvalue weighted by Gasteiger charge is 2.26. The molecule has 1 aromatic heterocycles. The summed E-state index contributed by atoms with van der Waals surface area (Å²) in [5, 5.41) is 10.2. The summed E-state index contributed by atoms with van der Waals surface area (Å²) >= 11 is 0. The van der Waals surface area contributed by atoms with Crippen molar-refractivity contribution < 1.29 is 4.42 Å². The monoisotopic (exact) mass is 544 g/mol. The standard InChI is InChI=1S/C42H24O/c1-3-9-30-26(7-1)17-19-34-37-24-29-8-2-4-10-31(29)41-32(20-21-35(40(30)34)42(37)41)27-15-13-25(14-16-27)28-18-22-39-36(23-28)33-11-5-6-12-38(33)43-39/h1-24H. The maximum absolute atomic E-state index is 6.07. The summed E-state index contributed by atoms with van der Waals surface area (Å²) in [6, 6.07) is 53.1. The van der Waals surface area contributed by atoms with E-state index < -0.39 is 0 Å². The van der Waals surface area contributed by atoms with Gasteiger partial charge in [-0.3, -0.25) is 0 Å². The van der Waals surface area contributed by atoms with Crippen molar-refractivity contribution in [1.82, 2.24) is 0 Å². The summed E-state index contributed by atoms with van der Waals surface area (Å²) in [6.45, 7) is 0. The van der Waals surface area contributed by atoms with Crippen LogP contribution in [0.15, 0.2) is 150 Å². The average Bonchev–Trinajstić information content (AvgIpc) is 3.61. The van der Waals surface area contributed by atoms with Crippen LogP contribution in [0.25, 0.3) is 98.8 Å². The second-order valence-electron chi connectivity index (χ2n) is 11.7. The van der Waals surface area contributed by atoms with Gasteiger partial charge in [0.1, 0.15) is 11.2 Å². The van der Waals surface area contributed by atoms with Crippen molar-refractivity contribution in [2.24, 2.45) is 0 Å². The summed E-state index contributed by atoms with van der Waals surface area (Å²) in [5.74, 6) is 0. The average molecular weight is 545 g/mol. The minimum Gasteiger partial charge on any atom is -0.456 e. The van der Waals surface area contributed by atoms with Crippen LogP contribution in [0.4, 0.5) is 0 Å². The van der Waals surface area contributed by atoms with Crippen LogP contribution >= 0.6 is 0 Å². The molecule has 0 amide bonds. The maximum Gasteiger partial charge on any atom is 0.135 e. The van der Waals surface area contributed by atoms with Crippen molar-refractivity contribution in [2.45, 2.75) is 0 Å². The number of benzene rings is 8. The Bertz CT molecular complexity index is 2600. The van der Waals surface area contributed by atoms with Gasteiger partial charge in [-0.15, -0.1) is 0 Å². The lowest BCUT2D eigenvalue weighted by molar-refractivity contribution is 0.669. The fourth-order valence-corrected chi connectivity index (χ4v) is 7.44. The van der Waals surface area contributed by atoms with Crippen LogP contribution in [0, 0.1) is 0 Å². The molecule has 0 saturated heterocycles. The third-order valence-corrected chi connectivity index (χ3v) is 9.40. The smallest absolute Gasteiger partial charge is 0.135 e. The van der Waals surface area contributed by atoms with Gasteiger partial charge in [-0.1, -0.05) is 121 Å². The quantitative estimate of drug-likeness (QED) is 0.197. The van der Waals surface area contributed by atoms with Crippen molar-refractivity contribution in [2.75, 3.05) is 0 Å². The van der Waals surface area contributed by atoms with E-state index in [4.69, 9.17) is 4.42 Å². The Morgan fingerprint density at radius 3 is 1.86 bits per heavy atom. The summed E-state index contributed by atoms with van der Waals surface area (Å²) in [4.78, 5) is 0. The molecule has 1 heteroatoms. The van der Waals surface area contributed by atoms with Crippen molar-refractivity contribution in [3.8, 4) is 44.5 Å². The topological polar surface area (TPSA) is 13.1 Å². The van der Waals surface area contributed by atoms with Gasteiger partial charge in [0.05, 0.1) is 0 Å². The van der Waals surface area contributed by atoms with Gasteiger partial charge in [-0.25, -0.2) is 0 Å². The van der Waals surface area contributed by atoms with E-state index in [2.05, 4.69) is 133 Å². The van der Waals surface area contributed by atoms with Crippen LogP contribution in [0.2, 0.25) is 0 Å². The molecule has 198 valence electrons. The van der Waals surface area contributed by atoms with Crippen LogP contribution in [0.1, 0.15) is 0 Å². The normalized spacial score (nSPS) is 12.2. The van der Waals surface area contributed by atoms with Crippen LogP contribution in [0.3, 0.4) is 0 Å².